The zero-order valence-electron chi connectivity index (χ0n) is 16.6. The number of hydrogen-bond acceptors (Lipinski definition) is 6. The van der Waals surface area contributed by atoms with Crippen molar-refractivity contribution in [2.24, 2.45) is 0 Å². The average Bonchev–Trinajstić information content (AvgIpc) is 3.11. The highest BCUT2D eigenvalue weighted by Gasteiger charge is 2.32. The number of carbonyl (C=O) groups excluding carboxylic acids is 2. The van der Waals surface area contributed by atoms with Crippen molar-refractivity contribution >= 4 is 17.5 Å². The van der Waals surface area contributed by atoms with E-state index in [1.54, 1.807) is 68.7 Å². The first-order valence-corrected chi connectivity index (χ1v) is 9.12. The molecular formula is C21H24N2O6. The highest BCUT2D eigenvalue weighted by molar-refractivity contribution is 5.97. The van der Waals surface area contributed by atoms with Crippen LogP contribution in [-0.2, 0) is 9.59 Å². The van der Waals surface area contributed by atoms with E-state index in [0.717, 1.165) is 0 Å². The van der Waals surface area contributed by atoms with E-state index in [0.29, 0.717) is 35.2 Å². The summed E-state index contributed by atoms with van der Waals surface area (Å²) in [7, 11) is 4.68. The minimum atomic E-state index is -0.289. The molecule has 29 heavy (non-hydrogen) atoms. The lowest BCUT2D eigenvalue weighted by Gasteiger charge is -2.19. The normalized spacial score (nSPS) is 15.8. The Bertz CT molecular complexity index is 868. The van der Waals surface area contributed by atoms with Gasteiger partial charge in [-0.1, -0.05) is 0 Å². The molecule has 8 heteroatoms. The summed E-state index contributed by atoms with van der Waals surface area (Å²) < 4.78 is 21.1. The number of carbonyl (C=O) groups is 2. The Kier molecular flexibility index (Phi) is 6.43. The highest BCUT2D eigenvalue weighted by atomic mass is 16.5. The molecule has 8 nitrogen and oxygen atoms in total. The van der Waals surface area contributed by atoms with E-state index < -0.39 is 0 Å². The first kappa shape index (κ1) is 20.3. The molecule has 1 saturated heterocycles. The van der Waals surface area contributed by atoms with Crippen LogP contribution in [0.15, 0.2) is 42.5 Å². The molecule has 0 aliphatic carbocycles. The van der Waals surface area contributed by atoms with Crippen LogP contribution in [0.3, 0.4) is 0 Å². The van der Waals surface area contributed by atoms with Gasteiger partial charge in [0.2, 0.25) is 5.91 Å². The van der Waals surface area contributed by atoms with Crippen LogP contribution < -0.4 is 29.2 Å². The average molecular weight is 400 g/mol. The van der Waals surface area contributed by atoms with E-state index in [1.165, 1.54) is 0 Å². The van der Waals surface area contributed by atoms with Gasteiger partial charge in [-0.05, 0) is 36.4 Å². The van der Waals surface area contributed by atoms with Crippen LogP contribution >= 0.6 is 0 Å². The molecule has 1 fully saturated rings. The van der Waals surface area contributed by atoms with Gasteiger partial charge in [0.15, 0.2) is 18.1 Å². The minimum absolute atomic E-state index is 0.0707. The molecule has 2 amide bonds. The summed E-state index contributed by atoms with van der Waals surface area (Å²) >= 11 is 0. The quantitative estimate of drug-likeness (QED) is 0.730. The van der Waals surface area contributed by atoms with Crippen molar-refractivity contribution < 1.29 is 28.5 Å². The van der Waals surface area contributed by atoms with E-state index in [9.17, 15) is 9.59 Å². The van der Waals surface area contributed by atoms with Gasteiger partial charge in [0.1, 0.15) is 11.5 Å². The van der Waals surface area contributed by atoms with Crippen molar-refractivity contribution in [1.29, 1.82) is 0 Å². The lowest BCUT2D eigenvalue weighted by molar-refractivity contribution is -0.123. The molecule has 1 N–H and O–H groups in total. The smallest absolute Gasteiger partial charge is 0.258 e. The molecule has 0 aromatic heterocycles. The van der Waals surface area contributed by atoms with Crippen LogP contribution in [0.4, 0.5) is 5.69 Å². The van der Waals surface area contributed by atoms with Crippen LogP contribution in [0.2, 0.25) is 0 Å². The molecular weight excluding hydrogens is 376 g/mol. The van der Waals surface area contributed by atoms with Gasteiger partial charge >= 0.3 is 0 Å². The Morgan fingerprint density at radius 3 is 2.34 bits per heavy atom. The first-order chi connectivity index (χ1) is 14.0. The fourth-order valence-electron chi connectivity index (χ4n) is 3.14. The van der Waals surface area contributed by atoms with Gasteiger partial charge in [0, 0.05) is 24.7 Å². The number of nitrogens with one attached hydrogen (secondary N) is 1. The van der Waals surface area contributed by atoms with Crippen LogP contribution in [0, 0.1) is 0 Å². The largest absolute Gasteiger partial charge is 0.497 e. The molecule has 2 aromatic rings. The third kappa shape index (κ3) is 4.90. The molecule has 1 unspecified atom stereocenters. The lowest BCUT2D eigenvalue weighted by Crippen LogP contribution is -2.39. The van der Waals surface area contributed by atoms with Crippen molar-refractivity contribution in [2.75, 3.05) is 39.4 Å². The van der Waals surface area contributed by atoms with Crippen molar-refractivity contribution in [3.8, 4) is 23.0 Å². The maximum absolute atomic E-state index is 12.4. The second kappa shape index (κ2) is 9.18. The molecule has 2 aromatic carbocycles. The summed E-state index contributed by atoms with van der Waals surface area (Å²) in [6.45, 7) is 0.246. The topological polar surface area (TPSA) is 86.3 Å². The second-order valence-corrected chi connectivity index (χ2v) is 6.48. The van der Waals surface area contributed by atoms with Crippen molar-refractivity contribution in [1.82, 2.24) is 5.32 Å². The zero-order valence-corrected chi connectivity index (χ0v) is 16.6. The Morgan fingerprint density at radius 2 is 1.69 bits per heavy atom. The molecule has 0 bridgehead atoms. The second-order valence-electron chi connectivity index (χ2n) is 6.48. The fraction of sp³-hybridized carbons (Fsp3) is 0.333. The number of methoxy groups -OCH3 is 3. The first-order valence-electron chi connectivity index (χ1n) is 9.12. The SMILES string of the molecule is COc1ccc(OCC(=O)NC2CC(=O)N(c3ccc(OC)c(OC)c3)C2)cc1. The number of hydrogen-bond donors (Lipinski definition) is 1. The standard InChI is InChI=1S/C21H24N2O6/c1-26-16-5-7-17(8-6-16)29-13-20(24)22-14-10-21(25)23(12-14)15-4-9-18(27-2)19(11-15)28-3/h4-9,11,14H,10,12-13H2,1-3H3,(H,22,24). The minimum Gasteiger partial charge on any atom is -0.497 e. The molecule has 3 rings (SSSR count). The molecule has 0 saturated carbocycles. The molecule has 1 atom stereocenters. The molecule has 1 aliphatic heterocycles. The van der Waals surface area contributed by atoms with Crippen molar-refractivity contribution in [2.45, 2.75) is 12.5 Å². The maximum atomic E-state index is 12.4. The van der Waals surface area contributed by atoms with Crippen LogP contribution in [0.25, 0.3) is 0 Å². The van der Waals surface area contributed by atoms with E-state index in [2.05, 4.69) is 5.32 Å². The van der Waals surface area contributed by atoms with Crippen molar-refractivity contribution in [3.05, 3.63) is 42.5 Å². The summed E-state index contributed by atoms with van der Waals surface area (Å²) in [6, 6.07) is 11.9. The summed E-state index contributed by atoms with van der Waals surface area (Å²) in [5.41, 5.74) is 0.693. The highest BCUT2D eigenvalue weighted by Crippen LogP contribution is 2.33. The van der Waals surface area contributed by atoms with E-state index in [1.807, 2.05) is 0 Å². The Morgan fingerprint density at radius 1 is 1.00 bits per heavy atom. The van der Waals surface area contributed by atoms with Gasteiger partial charge < -0.3 is 29.2 Å². The maximum Gasteiger partial charge on any atom is 0.258 e. The Labute approximate surface area is 169 Å². The van der Waals surface area contributed by atoms with Crippen LogP contribution in [0.1, 0.15) is 6.42 Å². The number of anilines is 1. The number of rotatable bonds is 8. The molecule has 0 radical (unpaired) electrons. The molecule has 1 aliphatic rings. The summed E-state index contributed by atoms with van der Waals surface area (Å²) in [5, 5.41) is 2.85. The Hall–Kier alpha value is -3.42. The fourth-order valence-corrected chi connectivity index (χ4v) is 3.14. The van der Waals surface area contributed by atoms with Crippen molar-refractivity contribution in [3.63, 3.8) is 0 Å². The number of ether oxygens (including phenoxy) is 4. The summed E-state index contributed by atoms with van der Waals surface area (Å²) in [5.74, 6) is 2.05. The van der Waals surface area contributed by atoms with E-state index in [4.69, 9.17) is 18.9 Å². The van der Waals surface area contributed by atoms with Crippen LogP contribution in [-0.4, -0.2) is 52.3 Å². The zero-order chi connectivity index (χ0) is 20.8. The monoisotopic (exact) mass is 400 g/mol. The third-order valence-corrected chi connectivity index (χ3v) is 4.60. The summed E-state index contributed by atoms with van der Waals surface area (Å²) in [4.78, 5) is 26.2. The Balaban J connectivity index is 1.55. The van der Waals surface area contributed by atoms with Gasteiger partial charge in [0.25, 0.3) is 5.91 Å². The molecule has 0 spiro atoms. The van der Waals surface area contributed by atoms with Gasteiger partial charge in [-0.3, -0.25) is 9.59 Å². The van der Waals surface area contributed by atoms with Gasteiger partial charge in [-0.25, -0.2) is 0 Å². The lowest BCUT2D eigenvalue weighted by atomic mass is 10.2. The van der Waals surface area contributed by atoms with E-state index >= 15 is 0 Å². The summed E-state index contributed by atoms with van der Waals surface area (Å²) in [6.07, 6.45) is 0.225. The van der Waals surface area contributed by atoms with Crippen LogP contribution in [0.5, 0.6) is 23.0 Å². The number of amides is 2. The third-order valence-electron chi connectivity index (χ3n) is 4.60. The van der Waals surface area contributed by atoms with Gasteiger partial charge in [0.05, 0.1) is 27.4 Å². The number of nitrogens with zero attached hydrogens (tertiary/aromatic N) is 1. The van der Waals surface area contributed by atoms with E-state index in [-0.39, 0.29) is 30.9 Å². The predicted octanol–water partition coefficient (Wildman–Crippen LogP) is 2.01. The van der Waals surface area contributed by atoms with Gasteiger partial charge in [-0.2, -0.15) is 0 Å². The predicted molar refractivity (Wildman–Crippen MR) is 107 cm³/mol. The molecule has 1 heterocycles. The molecule has 154 valence electrons. The van der Waals surface area contributed by atoms with Gasteiger partial charge in [-0.15, -0.1) is 0 Å². The number of benzene rings is 2.